The van der Waals surface area contributed by atoms with Crippen molar-refractivity contribution in [3.63, 3.8) is 0 Å². The second-order valence-corrected chi connectivity index (χ2v) is 5.68. The lowest BCUT2D eigenvalue weighted by molar-refractivity contribution is 0.0888. The van der Waals surface area contributed by atoms with Crippen LogP contribution in [0.2, 0.25) is 0 Å². The fourth-order valence-electron chi connectivity index (χ4n) is 3.34. The Bertz CT molecular complexity index is 1060. The number of fused-ring (bicyclic) bond motifs is 3. The number of rotatable bonds is 2. The third-order valence-electron chi connectivity index (χ3n) is 4.45. The van der Waals surface area contributed by atoms with Gasteiger partial charge in [0.05, 0.1) is 0 Å². The van der Waals surface area contributed by atoms with Crippen LogP contribution in [0.5, 0.6) is 0 Å². The Hall–Kier alpha value is -2.36. The highest BCUT2D eigenvalue weighted by Crippen LogP contribution is 2.34. The summed E-state index contributed by atoms with van der Waals surface area (Å²) in [7, 11) is 0. The average Bonchev–Trinajstić information content (AvgIpc) is 3.19. The van der Waals surface area contributed by atoms with Gasteiger partial charge in [0, 0.05) is 62.2 Å². The minimum Gasteiger partial charge on any atom is -0.347 e. The second kappa shape index (κ2) is 4.83. The molecule has 112 valence electrons. The molecule has 1 unspecified atom stereocenters. The maximum atomic E-state index is 13.3. The molecule has 1 aliphatic carbocycles. The molecule has 1 atom stereocenters. The van der Waals surface area contributed by atoms with E-state index < -0.39 is 19.7 Å². The fraction of sp³-hybridized carbons (Fsp3) is 0.333. The molecule has 4 heteroatoms. The zero-order valence-electron chi connectivity index (χ0n) is 17.9. The molecule has 4 nitrogen and oxygen atoms in total. The summed E-state index contributed by atoms with van der Waals surface area (Å²) >= 11 is 0. The molecular formula is C18H19N3O. The van der Waals surface area contributed by atoms with Crippen molar-refractivity contribution in [2.75, 3.05) is 0 Å². The number of aromatic nitrogens is 3. The maximum absolute atomic E-state index is 13.3. The van der Waals surface area contributed by atoms with Crippen molar-refractivity contribution in [2.45, 2.75) is 26.2 Å². The van der Waals surface area contributed by atoms with Gasteiger partial charge in [-0.05, 0) is 25.8 Å². The van der Waals surface area contributed by atoms with E-state index in [1.165, 1.54) is 15.3 Å². The van der Waals surface area contributed by atoms with Crippen molar-refractivity contribution in [2.24, 2.45) is 12.9 Å². The number of nitrogens with zero attached hydrogens (tertiary/aromatic N) is 3. The minimum absolute atomic E-state index is 0.0454. The van der Waals surface area contributed by atoms with Crippen molar-refractivity contribution in [1.29, 1.82) is 0 Å². The van der Waals surface area contributed by atoms with Gasteiger partial charge in [0.15, 0.2) is 5.78 Å². The third-order valence-corrected chi connectivity index (χ3v) is 4.45. The molecule has 0 saturated carbocycles. The van der Waals surface area contributed by atoms with Crippen LogP contribution in [0, 0.1) is 12.8 Å². The van der Waals surface area contributed by atoms with Crippen LogP contribution in [0.4, 0.5) is 0 Å². The summed E-state index contributed by atoms with van der Waals surface area (Å²) in [4.78, 5) is 17.2. The molecule has 0 bridgehead atoms. The molecule has 22 heavy (non-hydrogen) atoms. The summed E-state index contributed by atoms with van der Waals surface area (Å²) in [6, 6.07) is 7.02. The predicted octanol–water partition coefficient (Wildman–Crippen LogP) is 3.13. The molecule has 1 aromatic carbocycles. The lowest BCUT2D eigenvalue weighted by Gasteiger charge is -2.23. The van der Waals surface area contributed by atoms with E-state index in [1.807, 2.05) is 0 Å². The van der Waals surface area contributed by atoms with Gasteiger partial charge in [-0.25, -0.2) is 4.98 Å². The van der Waals surface area contributed by atoms with E-state index in [9.17, 15) is 4.79 Å². The summed E-state index contributed by atoms with van der Waals surface area (Å²) in [6.45, 7) is -4.53. The first-order valence-electron chi connectivity index (χ1n) is 10.3. The first-order chi connectivity index (χ1) is 13.1. The van der Waals surface area contributed by atoms with Crippen LogP contribution < -0.4 is 0 Å². The molecule has 0 N–H and O–H groups in total. The smallest absolute Gasteiger partial charge is 0.170 e. The summed E-state index contributed by atoms with van der Waals surface area (Å²) in [5, 5.41) is 0.630. The lowest BCUT2D eigenvalue weighted by atomic mass is 9.85. The average molecular weight is 299 g/mol. The molecule has 2 heterocycles. The number of carbonyl (C=O) groups excluding carboxylic acids is 1. The van der Waals surface area contributed by atoms with Gasteiger partial charge in [-0.2, -0.15) is 0 Å². The number of hydrogen-bond donors (Lipinski definition) is 0. The van der Waals surface area contributed by atoms with Crippen LogP contribution in [0.25, 0.3) is 10.9 Å². The Morgan fingerprint density at radius 3 is 3.18 bits per heavy atom. The number of imidazole rings is 1. The Kier molecular flexibility index (Phi) is 1.83. The van der Waals surface area contributed by atoms with Crippen molar-refractivity contribution >= 4 is 16.7 Å². The molecule has 3 aromatic rings. The van der Waals surface area contributed by atoms with E-state index in [0.29, 0.717) is 35.0 Å². The number of Topliss-reactive ketones (excluding diaryl/α,β-unsaturated/α-hetero) is 1. The number of aryl methyl sites for hydroxylation is 2. The standard InChI is InChI=1S/C18H19N3O/c1-12-19-9-10-21(12)11-13-7-8-16-17(18(13)22)14-5-3-4-6-15(14)20(16)2/h3-6,9-10,13H,7-8,11H2,1-2H3/i1D3,2D3. The van der Waals surface area contributed by atoms with E-state index in [1.54, 1.807) is 30.5 Å². The van der Waals surface area contributed by atoms with Gasteiger partial charge < -0.3 is 9.13 Å². The van der Waals surface area contributed by atoms with E-state index >= 15 is 0 Å². The topological polar surface area (TPSA) is 39.8 Å². The van der Waals surface area contributed by atoms with Crippen LogP contribution in [-0.4, -0.2) is 19.9 Å². The van der Waals surface area contributed by atoms with Gasteiger partial charge >= 0.3 is 0 Å². The first kappa shape index (κ1) is 8.32. The number of ketones is 1. The van der Waals surface area contributed by atoms with Crippen LogP contribution in [0.15, 0.2) is 36.7 Å². The van der Waals surface area contributed by atoms with Gasteiger partial charge in [-0.15, -0.1) is 0 Å². The van der Waals surface area contributed by atoms with Gasteiger partial charge in [0.2, 0.25) is 0 Å². The highest BCUT2D eigenvalue weighted by atomic mass is 16.1. The SMILES string of the molecule is [2H]C([2H])([2H])c1nccn1CC1CCc2c(c3ccccc3n2C([2H])([2H])[2H])C1=O. The van der Waals surface area contributed by atoms with Gasteiger partial charge in [-0.1, -0.05) is 18.2 Å². The largest absolute Gasteiger partial charge is 0.347 e. The zero-order chi connectivity index (χ0) is 20.3. The van der Waals surface area contributed by atoms with Gasteiger partial charge in [-0.3, -0.25) is 4.79 Å². The summed E-state index contributed by atoms with van der Waals surface area (Å²) in [6.07, 6.45) is 3.88. The van der Waals surface area contributed by atoms with Crippen LogP contribution in [0.1, 0.15) is 36.5 Å². The molecule has 2 aromatic heterocycles. The quantitative estimate of drug-likeness (QED) is 0.729. The van der Waals surface area contributed by atoms with E-state index in [-0.39, 0.29) is 18.2 Å². The highest BCUT2D eigenvalue weighted by molar-refractivity contribution is 6.11. The van der Waals surface area contributed by atoms with E-state index in [4.69, 9.17) is 8.22 Å². The number of benzene rings is 1. The first-order valence-corrected chi connectivity index (χ1v) is 7.27. The Morgan fingerprint density at radius 1 is 1.41 bits per heavy atom. The molecule has 1 aliphatic rings. The Labute approximate surface area is 137 Å². The molecule has 0 fully saturated rings. The van der Waals surface area contributed by atoms with Crippen molar-refractivity contribution in [3.8, 4) is 0 Å². The van der Waals surface area contributed by atoms with E-state index in [2.05, 4.69) is 4.98 Å². The summed E-state index contributed by atoms with van der Waals surface area (Å²) < 4.78 is 49.3. The monoisotopic (exact) mass is 299 g/mol. The maximum Gasteiger partial charge on any atom is 0.170 e. The Balaban J connectivity index is 1.77. The number of carbonyl (C=O) groups is 1. The number of hydrogen-bond acceptors (Lipinski definition) is 2. The van der Waals surface area contributed by atoms with E-state index in [0.717, 1.165) is 0 Å². The predicted molar refractivity (Wildman–Crippen MR) is 86.0 cm³/mol. The molecule has 0 spiro atoms. The van der Waals surface area contributed by atoms with Crippen LogP contribution >= 0.6 is 0 Å². The summed E-state index contributed by atoms with van der Waals surface area (Å²) in [5.41, 5.74) is 1.50. The molecule has 0 radical (unpaired) electrons. The normalized spacial score (nSPS) is 23.1. The lowest BCUT2D eigenvalue weighted by Crippen LogP contribution is -2.27. The third kappa shape index (κ3) is 1.83. The zero-order valence-corrected chi connectivity index (χ0v) is 11.9. The molecular weight excluding hydrogens is 274 g/mol. The fourth-order valence-corrected chi connectivity index (χ4v) is 3.34. The molecule has 0 aliphatic heterocycles. The Morgan fingerprint density at radius 2 is 2.32 bits per heavy atom. The molecule has 4 rings (SSSR count). The van der Waals surface area contributed by atoms with Crippen molar-refractivity contribution in [3.05, 3.63) is 53.7 Å². The van der Waals surface area contributed by atoms with Gasteiger partial charge in [0.1, 0.15) is 5.82 Å². The number of para-hydroxylation sites is 1. The van der Waals surface area contributed by atoms with Gasteiger partial charge in [0.25, 0.3) is 0 Å². The van der Waals surface area contributed by atoms with Crippen LogP contribution in [-0.2, 0) is 19.9 Å². The van der Waals surface area contributed by atoms with Crippen molar-refractivity contribution < 1.29 is 13.0 Å². The molecule has 0 amide bonds. The molecule has 0 saturated heterocycles. The summed E-state index contributed by atoms with van der Waals surface area (Å²) in [5.74, 6) is -0.625. The highest BCUT2D eigenvalue weighted by Gasteiger charge is 2.32. The van der Waals surface area contributed by atoms with Crippen LogP contribution in [0.3, 0.4) is 0 Å². The minimum atomic E-state index is -2.38. The second-order valence-electron chi connectivity index (χ2n) is 5.68. The van der Waals surface area contributed by atoms with Crippen molar-refractivity contribution in [1.82, 2.24) is 14.1 Å².